The van der Waals surface area contributed by atoms with Crippen molar-refractivity contribution in [3.63, 3.8) is 0 Å². The molecule has 0 aromatic heterocycles. The number of aromatic carboxylic acids is 1. The Morgan fingerprint density at radius 3 is 2.39 bits per heavy atom. The van der Waals surface area contributed by atoms with Gasteiger partial charge in [-0.3, -0.25) is 19.3 Å². The van der Waals surface area contributed by atoms with Gasteiger partial charge in [-0.1, -0.05) is 24.3 Å². The van der Waals surface area contributed by atoms with E-state index in [1.165, 1.54) is 41.3 Å². The zero-order valence-corrected chi connectivity index (χ0v) is 23.1. The molecule has 3 N–H and O–H groups in total. The van der Waals surface area contributed by atoms with Gasteiger partial charge in [0.1, 0.15) is 11.8 Å². The van der Waals surface area contributed by atoms with E-state index in [-0.39, 0.29) is 54.2 Å². The van der Waals surface area contributed by atoms with Crippen LogP contribution in [0.2, 0.25) is 5.82 Å². The van der Waals surface area contributed by atoms with Gasteiger partial charge >= 0.3 is 30.9 Å². The van der Waals surface area contributed by atoms with Crippen LogP contribution in [0.4, 0.5) is 4.79 Å². The number of fused-ring (bicyclic) bond motifs is 1. The molecule has 216 valence electrons. The molecular weight excluding hydrogens is 557 g/mol. The fourth-order valence-corrected chi connectivity index (χ4v) is 5.46. The van der Waals surface area contributed by atoms with E-state index in [2.05, 4.69) is 5.32 Å². The largest absolute Gasteiger partial charge is 0.535 e. The van der Waals surface area contributed by atoms with Crippen molar-refractivity contribution in [1.82, 2.24) is 15.1 Å². The van der Waals surface area contributed by atoms with E-state index in [4.69, 9.17) is 4.65 Å². The zero-order valence-electron chi connectivity index (χ0n) is 22.3. The first kappa shape index (κ1) is 29.7. The normalized spacial score (nSPS) is 17.9. The van der Waals surface area contributed by atoms with Gasteiger partial charge in [0.2, 0.25) is 0 Å². The molecule has 2 aliphatic rings. The quantitative estimate of drug-likeness (QED) is 0.294. The number of ketones is 1. The van der Waals surface area contributed by atoms with Crippen LogP contribution < -0.4 is 9.97 Å². The molecule has 0 radical (unpaired) electrons. The third-order valence-electron chi connectivity index (χ3n) is 7.08. The van der Waals surface area contributed by atoms with Gasteiger partial charge in [-0.15, -0.1) is 0 Å². The molecule has 2 atom stereocenters. The van der Waals surface area contributed by atoms with Crippen LogP contribution in [-0.2, 0) is 30.6 Å². The van der Waals surface area contributed by atoms with E-state index < -0.39 is 58.4 Å². The van der Waals surface area contributed by atoms with Gasteiger partial charge in [-0.25, -0.2) is 18.0 Å². The number of likely N-dealkylation sites (N-methyl/N-ethyl adjacent to an activating group) is 1. The number of hydrogen-bond acceptors (Lipinski definition) is 9. The second-order valence-corrected chi connectivity index (χ2v) is 11.8. The van der Waals surface area contributed by atoms with Gasteiger partial charge in [0, 0.05) is 38.1 Å². The number of carboxylic acid groups (broad SMARTS) is 1. The van der Waals surface area contributed by atoms with Crippen molar-refractivity contribution >= 4 is 46.6 Å². The van der Waals surface area contributed by atoms with Crippen LogP contribution in [0.25, 0.3) is 0 Å². The van der Waals surface area contributed by atoms with Crippen molar-refractivity contribution in [1.29, 1.82) is 0 Å². The Kier molecular flexibility index (Phi) is 8.49. The summed E-state index contributed by atoms with van der Waals surface area (Å²) in [6.07, 6.45) is 0.791. The average molecular weight is 585 g/mol. The number of piperazine rings is 1. The maximum absolute atomic E-state index is 13.6. The van der Waals surface area contributed by atoms with Gasteiger partial charge in [0.25, 0.3) is 0 Å². The number of nitrogens with zero attached hydrogens (tertiary/aromatic N) is 2. The number of carboxylic acids is 1. The third-order valence-corrected chi connectivity index (χ3v) is 8.21. The standard InChI is InChI=1S/C26H28BN3O10S/c1-3-29-11-12-30(24(33)23(29)32)26(36)28-21(15-7-9-18(10-8-15)41(2,38)39)20(31)14-17-13-16-5-4-6-19(25(34)35)22(16)40-27(17)37/h4-10,17,21,37H,3,11-14H2,1-2H3,(H,28,36)(H,34,35)/t17-,21?/m1/s1. The van der Waals surface area contributed by atoms with Crippen LogP contribution >= 0.6 is 0 Å². The molecule has 2 aliphatic heterocycles. The van der Waals surface area contributed by atoms with E-state index in [0.717, 1.165) is 6.26 Å². The van der Waals surface area contributed by atoms with Crippen LogP contribution in [0.3, 0.4) is 0 Å². The molecule has 1 unspecified atom stereocenters. The van der Waals surface area contributed by atoms with Crippen molar-refractivity contribution in [2.24, 2.45) is 0 Å². The Morgan fingerprint density at radius 2 is 1.78 bits per heavy atom. The number of sulfone groups is 1. The molecule has 4 rings (SSSR count). The third kappa shape index (κ3) is 6.25. The van der Waals surface area contributed by atoms with Crippen molar-refractivity contribution in [3.05, 3.63) is 59.2 Å². The number of para-hydroxylation sites is 1. The van der Waals surface area contributed by atoms with Crippen LogP contribution in [0, 0.1) is 0 Å². The van der Waals surface area contributed by atoms with Crippen LogP contribution in [0.15, 0.2) is 47.4 Å². The molecule has 2 heterocycles. The highest BCUT2D eigenvalue weighted by atomic mass is 32.2. The van der Waals surface area contributed by atoms with Crippen molar-refractivity contribution in [2.45, 2.75) is 36.5 Å². The number of rotatable bonds is 8. The number of hydrogen-bond donors (Lipinski definition) is 3. The molecule has 4 amide bonds. The highest BCUT2D eigenvalue weighted by molar-refractivity contribution is 7.90. The minimum absolute atomic E-state index is 0.00631. The molecular formula is C26H28BN3O10S. The molecule has 15 heteroatoms. The molecule has 0 aliphatic carbocycles. The number of carbonyl (C=O) groups excluding carboxylic acids is 4. The summed E-state index contributed by atoms with van der Waals surface area (Å²) in [6, 6.07) is 7.36. The highest BCUT2D eigenvalue weighted by Gasteiger charge is 2.41. The summed E-state index contributed by atoms with van der Waals surface area (Å²) in [5, 5.41) is 22.5. The van der Waals surface area contributed by atoms with E-state index in [9.17, 15) is 42.5 Å². The van der Waals surface area contributed by atoms with E-state index in [0.29, 0.717) is 10.5 Å². The summed E-state index contributed by atoms with van der Waals surface area (Å²) >= 11 is 0. The average Bonchev–Trinajstić information content (AvgIpc) is 2.92. The number of benzene rings is 2. The Hall–Kier alpha value is -4.24. The maximum Gasteiger partial charge on any atom is 0.526 e. The van der Waals surface area contributed by atoms with Crippen molar-refractivity contribution in [3.8, 4) is 5.75 Å². The number of urea groups is 1. The Morgan fingerprint density at radius 1 is 1.10 bits per heavy atom. The lowest BCUT2D eigenvalue weighted by Gasteiger charge is -2.33. The lowest BCUT2D eigenvalue weighted by Crippen LogP contribution is -2.58. The summed E-state index contributed by atoms with van der Waals surface area (Å²) in [4.78, 5) is 65.1. The summed E-state index contributed by atoms with van der Waals surface area (Å²) in [7, 11) is -5.08. The zero-order chi connectivity index (χ0) is 30.1. The lowest BCUT2D eigenvalue weighted by molar-refractivity contribution is -0.153. The van der Waals surface area contributed by atoms with Gasteiger partial charge in [0.05, 0.1) is 10.5 Å². The second kappa shape index (κ2) is 11.7. The molecule has 1 fully saturated rings. The van der Waals surface area contributed by atoms with Gasteiger partial charge in [0.15, 0.2) is 15.6 Å². The monoisotopic (exact) mass is 585 g/mol. The molecule has 2 aromatic rings. The van der Waals surface area contributed by atoms with E-state index >= 15 is 0 Å². The maximum atomic E-state index is 13.6. The molecule has 13 nitrogen and oxygen atoms in total. The minimum Gasteiger partial charge on any atom is -0.535 e. The van der Waals surface area contributed by atoms with Crippen LogP contribution in [0.1, 0.15) is 40.9 Å². The Labute approximate surface area is 236 Å². The Bertz CT molecular complexity index is 1510. The molecule has 0 bridgehead atoms. The summed E-state index contributed by atoms with van der Waals surface area (Å²) in [5.41, 5.74) is 0.551. The number of imide groups is 1. The number of carbonyl (C=O) groups is 5. The lowest BCUT2D eigenvalue weighted by atomic mass is 9.64. The van der Waals surface area contributed by atoms with E-state index in [1.54, 1.807) is 13.0 Å². The first-order chi connectivity index (χ1) is 19.3. The first-order valence-corrected chi connectivity index (χ1v) is 14.6. The fraction of sp³-hybridized carbons (Fsp3) is 0.346. The SMILES string of the molecule is CCN1CCN(C(=O)NC(C(=O)C[C@H]2Cc3cccc(C(=O)O)c3OB2O)c2ccc(S(C)(=O)=O)cc2)C(=O)C1=O. The second-order valence-electron chi connectivity index (χ2n) is 9.81. The van der Waals surface area contributed by atoms with Crippen molar-refractivity contribution < 1.29 is 47.2 Å². The molecule has 1 saturated heterocycles. The van der Waals surface area contributed by atoms with Gasteiger partial charge in [-0.2, -0.15) is 0 Å². The number of nitrogens with one attached hydrogen (secondary N) is 1. The van der Waals surface area contributed by atoms with Gasteiger partial charge in [-0.05, 0) is 42.7 Å². The fourth-order valence-electron chi connectivity index (χ4n) is 4.83. The van der Waals surface area contributed by atoms with Crippen LogP contribution in [0.5, 0.6) is 5.75 Å². The first-order valence-electron chi connectivity index (χ1n) is 12.8. The summed E-state index contributed by atoms with van der Waals surface area (Å²) in [6.45, 7) is 2.02. The predicted molar refractivity (Wildman–Crippen MR) is 144 cm³/mol. The summed E-state index contributed by atoms with van der Waals surface area (Å²) in [5.74, 6) is -4.54. The smallest absolute Gasteiger partial charge is 0.526 e. The van der Waals surface area contributed by atoms with Gasteiger partial charge < -0.3 is 25.0 Å². The number of Topliss-reactive ketones (excluding diaryl/α,β-unsaturated/α-hetero) is 1. The molecule has 0 spiro atoms. The predicted octanol–water partition coefficient (Wildman–Crippen LogP) is 0.675. The highest BCUT2D eigenvalue weighted by Crippen LogP contribution is 2.37. The number of amides is 4. The Balaban J connectivity index is 1.59. The summed E-state index contributed by atoms with van der Waals surface area (Å²) < 4.78 is 29.3. The van der Waals surface area contributed by atoms with Crippen LogP contribution in [-0.4, -0.2) is 91.0 Å². The molecule has 0 saturated carbocycles. The van der Waals surface area contributed by atoms with Crippen molar-refractivity contribution in [2.75, 3.05) is 25.9 Å². The molecule has 2 aromatic carbocycles. The topological polar surface area (TPSA) is 188 Å². The molecule has 41 heavy (non-hydrogen) atoms. The van der Waals surface area contributed by atoms with E-state index in [1.807, 2.05) is 0 Å². The minimum atomic E-state index is -3.55.